The molecule has 3 rings (SSSR count). The third kappa shape index (κ3) is 5.48. The molecule has 1 heterocycles. The molecule has 0 aliphatic rings. The SMILES string of the molecule is COc1cc(C=c2sc(=CC(=O)C(C)(C)C)[nH]c2=O)ccc1OCc1ccccc1. The van der Waals surface area contributed by atoms with E-state index in [4.69, 9.17) is 9.47 Å². The summed E-state index contributed by atoms with van der Waals surface area (Å²) in [5, 5.41) is 0. The van der Waals surface area contributed by atoms with Gasteiger partial charge in [0.1, 0.15) is 6.61 Å². The van der Waals surface area contributed by atoms with Crippen molar-refractivity contribution < 1.29 is 14.3 Å². The van der Waals surface area contributed by atoms with Gasteiger partial charge in [0.05, 0.1) is 16.3 Å². The van der Waals surface area contributed by atoms with Crippen molar-refractivity contribution >= 4 is 29.3 Å². The van der Waals surface area contributed by atoms with Gasteiger partial charge >= 0.3 is 0 Å². The number of aromatic nitrogens is 1. The number of ether oxygens (including phenoxy) is 2. The predicted octanol–water partition coefficient (Wildman–Crippen LogP) is 3.25. The summed E-state index contributed by atoms with van der Waals surface area (Å²) < 4.78 is 12.4. The highest BCUT2D eigenvalue weighted by Crippen LogP contribution is 2.29. The van der Waals surface area contributed by atoms with Crippen molar-refractivity contribution in [3.63, 3.8) is 0 Å². The van der Waals surface area contributed by atoms with Crippen LogP contribution < -0.4 is 24.2 Å². The van der Waals surface area contributed by atoms with Crippen LogP contribution in [0.3, 0.4) is 0 Å². The second kappa shape index (κ2) is 9.13. The molecule has 5 nitrogen and oxygen atoms in total. The number of H-pyrrole nitrogens is 1. The molecule has 0 spiro atoms. The Labute approximate surface area is 179 Å². The van der Waals surface area contributed by atoms with Crippen molar-refractivity contribution in [2.45, 2.75) is 27.4 Å². The van der Waals surface area contributed by atoms with Gasteiger partial charge in [0.2, 0.25) is 0 Å². The summed E-state index contributed by atoms with van der Waals surface area (Å²) in [6.45, 7) is 5.97. The van der Waals surface area contributed by atoms with Gasteiger partial charge in [0.25, 0.3) is 5.56 Å². The summed E-state index contributed by atoms with van der Waals surface area (Å²) in [4.78, 5) is 27.2. The number of methoxy groups -OCH3 is 1. The summed E-state index contributed by atoms with van der Waals surface area (Å²) in [5.74, 6) is 1.18. The summed E-state index contributed by atoms with van der Waals surface area (Å²) in [6.07, 6.45) is 3.26. The number of aromatic amines is 1. The number of ketones is 1. The second-order valence-electron chi connectivity index (χ2n) is 7.87. The molecule has 0 fully saturated rings. The van der Waals surface area contributed by atoms with Crippen molar-refractivity contribution in [1.82, 2.24) is 4.98 Å². The summed E-state index contributed by atoms with van der Waals surface area (Å²) in [5.41, 5.74) is 1.15. The number of benzene rings is 2. The lowest BCUT2D eigenvalue weighted by atomic mass is 9.91. The average Bonchev–Trinajstić information content (AvgIpc) is 3.05. The number of thiazole rings is 1. The van der Waals surface area contributed by atoms with Gasteiger partial charge in [-0.05, 0) is 29.3 Å². The van der Waals surface area contributed by atoms with Crippen LogP contribution in [-0.4, -0.2) is 17.9 Å². The highest BCUT2D eigenvalue weighted by atomic mass is 32.1. The number of hydrogen-bond donors (Lipinski definition) is 1. The van der Waals surface area contributed by atoms with Crippen LogP contribution in [0.15, 0.2) is 53.3 Å². The molecule has 0 amide bonds. The van der Waals surface area contributed by atoms with Gasteiger partial charge < -0.3 is 14.5 Å². The Balaban J connectivity index is 1.86. The van der Waals surface area contributed by atoms with Gasteiger partial charge in [0, 0.05) is 11.5 Å². The predicted molar refractivity (Wildman–Crippen MR) is 120 cm³/mol. The van der Waals surface area contributed by atoms with Gasteiger partial charge in [-0.15, -0.1) is 11.3 Å². The van der Waals surface area contributed by atoms with E-state index in [2.05, 4.69) is 4.98 Å². The van der Waals surface area contributed by atoms with Crippen molar-refractivity contribution in [1.29, 1.82) is 0 Å². The van der Waals surface area contributed by atoms with Crippen molar-refractivity contribution in [3.05, 3.63) is 79.2 Å². The maximum atomic E-state index is 12.3. The minimum Gasteiger partial charge on any atom is -0.493 e. The molecule has 1 N–H and O–H groups in total. The molecule has 0 unspecified atom stereocenters. The molecule has 0 atom stereocenters. The number of hydrogen-bond acceptors (Lipinski definition) is 5. The Morgan fingerprint density at radius 2 is 1.83 bits per heavy atom. The molecule has 0 aliphatic heterocycles. The lowest BCUT2D eigenvalue weighted by molar-refractivity contribution is -0.119. The van der Waals surface area contributed by atoms with Crippen LogP contribution in [0, 0.1) is 5.41 Å². The van der Waals surface area contributed by atoms with Crippen molar-refractivity contribution in [2.24, 2.45) is 5.41 Å². The van der Waals surface area contributed by atoms with E-state index in [9.17, 15) is 9.59 Å². The van der Waals surface area contributed by atoms with Crippen LogP contribution in [0.25, 0.3) is 12.2 Å². The topological polar surface area (TPSA) is 68.4 Å². The van der Waals surface area contributed by atoms with Crippen molar-refractivity contribution in [2.75, 3.05) is 7.11 Å². The molecule has 0 saturated carbocycles. The molecule has 1 aromatic heterocycles. The molecule has 0 saturated heterocycles. The summed E-state index contributed by atoms with van der Waals surface area (Å²) >= 11 is 1.25. The molecule has 0 radical (unpaired) electrons. The van der Waals surface area contributed by atoms with Crippen LogP contribution in [0.2, 0.25) is 0 Å². The third-order valence-electron chi connectivity index (χ3n) is 4.40. The maximum absolute atomic E-state index is 12.3. The number of rotatable bonds is 6. The smallest absolute Gasteiger partial charge is 0.266 e. The van der Waals surface area contributed by atoms with E-state index < -0.39 is 5.41 Å². The fourth-order valence-electron chi connectivity index (χ4n) is 2.64. The monoisotopic (exact) mass is 423 g/mol. The zero-order valence-corrected chi connectivity index (χ0v) is 18.3. The molecule has 156 valence electrons. The minimum atomic E-state index is -0.492. The number of carbonyl (C=O) groups excluding carboxylic acids is 1. The molecular weight excluding hydrogens is 398 g/mol. The standard InChI is InChI=1S/C24H25NO4S/c1-24(2,3)21(26)14-22-25-23(27)20(30-22)13-17-10-11-18(19(12-17)28-4)29-15-16-8-6-5-7-9-16/h5-14H,15H2,1-4H3,(H,25,27). The minimum absolute atomic E-state index is 0.0341. The first-order chi connectivity index (χ1) is 14.3. The maximum Gasteiger partial charge on any atom is 0.266 e. The zero-order chi connectivity index (χ0) is 21.7. The Morgan fingerprint density at radius 1 is 1.10 bits per heavy atom. The van der Waals surface area contributed by atoms with E-state index in [1.807, 2.05) is 69.3 Å². The second-order valence-corrected chi connectivity index (χ2v) is 8.96. The highest BCUT2D eigenvalue weighted by molar-refractivity contribution is 7.07. The molecule has 6 heteroatoms. The van der Waals surface area contributed by atoms with E-state index in [0.29, 0.717) is 27.3 Å². The van der Waals surface area contributed by atoms with Gasteiger partial charge in [0.15, 0.2) is 17.3 Å². The highest BCUT2D eigenvalue weighted by Gasteiger charge is 2.18. The Morgan fingerprint density at radius 3 is 2.50 bits per heavy atom. The van der Waals surface area contributed by atoms with E-state index in [1.54, 1.807) is 13.2 Å². The normalized spacial score (nSPS) is 12.8. The fraction of sp³-hybridized carbons (Fsp3) is 0.250. The van der Waals surface area contributed by atoms with Gasteiger partial charge in [-0.25, -0.2) is 0 Å². The van der Waals surface area contributed by atoms with Crippen LogP contribution in [-0.2, 0) is 11.4 Å². The number of nitrogens with one attached hydrogen (secondary N) is 1. The van der Waals surface area contributed by atoms with Crippen LogP contribution in [0.1, 0.15) is 31.9 Å². The first kappa shape index (κ1) is 21.6. The zero-order valence-electron chi connectivity index (χ0n) is 17.5. The van der Waals surface area contributed by atoms with Gasteiger partial charge in [-0.1, -0.05) is 57.2 Å². The lowest BCUT2D eigenvalue weighted by Crippen LogP contribution is -2.22. The number of Topliss-reactive ketones (excluding diaryl/α,β-unsaturated/α-hetero) is 1. The molecule has 0 aliphatic carbocycles. The Bertz CT molecular complexity index is 1200. The third-order valence-corrected chi connectivity index (χ3v) is 5.37. The summed E-state index contributed by atoms with van der Waals surface area (Å²) in [7, 11) is 1.58. The molecule has 30 heavy (non-hydrogen) atoms. The average molecular weight is 424 g/mol. The van der Waals surface area contributed by atoms with Crippen LogP contribution in [0.4, 0.5) is 0 Å². The van der Waals surface area contributed by atoms with Crippen molar-refractivity contribution in [3.8, 4) is 11.5 Å². The summed E-state index contributed by atoms with van der Waals surface area (Å²) in [6, 6.07) is 15.4. The van der Waals surface area contributed by atoms with E-state index >= 15 is 0 Å². The van der Waals surface area contributed by atoms with E-state index in [1.165, 1.54) is 17.4 Å². The van der Waals surface area contributed by atoms with Gasteiger partial charge in [-0.3, -0.25) is 9.59 Å². The van der Waals surface area contributed by atoms with Crippen LogP contribution >= 0.6 is 11.3 Å². The van der Waals surface area contributed by atoms with Gasteiger partial charge in [-0.2, -0.15) is 0 Å². The fourth-order valence-corrected chi connectivity index (χ4v) is 3.53. The first-order valence-electron chi connectivity index (χ1n) is 9.58. The molecule has 2 aromatic carbocycles. The Hall–Kier alpha value is -3.12. The molecular formula is C24H25NO4S. The lowest BCUT2D eigenvalue weighted by Gasteiger charge is -2.12. The van der Waals surface area contributed by atoms with Crippen LogP contribution in [0.5, 0.6) is 11.5 Å². The molecule has 0 bridgehead atoms. The Kier molecular flexibility index (Phi) is 6.57. The molecule has 3 aromatic rings. The van der Waals surface area contributed by atoms with E-state index in [0.717, 1.165) is 11.1 Å². The number of carbonyl (C=O) groups is 1. The first-order valence-corrected chi connectivity index (χ1v) is 10.4. The quantitative estimate of drug-likeness (QED) is 0.661. The van der Waals surface area contributed by atoms with E-state index in [-0.39, 0.29) is 11.3 Å². The largest absolute Gasteiger partial charge is 0.493 e.